The highest BCUT2D eigenvalue weighted by atomic mass is 16.2. The van der Waals surface area contributed by atoms with E-state index in [4.69, 9.17) is 0 Å². The first-order valence-electron chi connectivity index (χ1n) is 9.16. The van der Waals surface area contributed by atoms with Crippen molar-refractivity contribution in [2.24, 2.45) is 4.99 Å². The van der Waals surface area contributed by atoms with Crippen molar-refractivity contribution in [3.8, 4) is 0 Å². The third kappa shape index (κ3) is 4.93. The van der Waals surface area contributed by atoms with Gasteiger partial charge in [0, 0.05) is 45.8 Å². The van der Waals surface area contributed by atoms with E-state index in [0.29, 0.717) is 19.5 Å². The summed E-state index contributed by atoms with van der Waals surface area (Å²) in [6.07, 6.45) is 2.63. The number of fused-ring (bicyclic) bond motifs is 1. The number of pyridine rings is 1. The molecular weight excluding hydrogens is 330 g/mol. The average Bonchev–Trinajstić information content (AvgIpc) is 3.05. The molecule has 0 unspecified atom stereocenters. The van der Waals surface area contributed by atoms with Crippen LogP contribution in [0.5, 0.6) is 0 Å². The highest BCUT2D eigenvalue weighted by molar-refractivity contribution is 5.86. The lowest BCUT2D eigenvalue weighted by molar-refractivity contribution is -0.131. The third-order valence-electron chi connectivity index (χ3n) is 4.17. The van der Waals surface area contributed by atoms with Crippen molar-refractivity contribution in [2.45, 2.75) is 27.2 Å². The molecular formula is C18H29N7O. The number of carbonyl (C=O) groups is 1. The molecule has 26 heavy (non-hydrogen) atoms. The van der Waals surface area contributed by atoms with E-state index in [-0.39, 0.29) is 5.91 Å². The largest absolute Gasteiger partial charge is 0.357 e. The first-order valence-corrected chi connectivity index (χ1v) is 9.16. The van der Waals surface area contributed by atoms with Crippen LogP contribution in [0.2, 0.25) is 0 Å². The summed E-state index contributed by atoms with van der Waals surface area (Å²) in [7, 11) is 1.88. The van der Waals surface area contributed by atoms with Gasteiger partial charge in [-0.15, -0.1) is 10.2 Å². The Morgan fingerprint density at radius 3 is 2.69 bits per heavy atom. The van der Waals surface area contributed by atoms with Crippen molar-refractivity contribution in [3.05, 3.63) is 30.2 Å². The molecule has 8 heteroatoms. The van der Waals surface area contributed by atoms with E-state index < -0.39 is 0 Å². The van der Waals surface area contributed by atoms with Gasteiger partial charge in [0.25, 0.3) is 0 Å². The fourth-order valence-corrected chi connectivity index (χ4v) is 2.75. The Bertz CT molecular complexity index is 736. The molecule has 0 bridgehead atoms. The van der Waals surface area contributed by atoms with Gasteiger partial charge in [0.15, 0.2) is 11.6 Å². The molecule has 0 saturated heterocycles. The minimum Gasteiger partial charge on any atom is -0.357 e. The van der Waals surface area contributed by atoms with Gasteiger partial charge in [-0.2, -0.15) is 0 Å². The summed E-state index contributed by atoms with van der Waals surface area (Å²) in [6.45, 7) is 9.06. The van der Waals surface area contributed by atoms with E-state index in [9.17, 15) is 4.79 Å². The Hall–Kier alpha value is -2.64. The molecule has 0 aliphatic carbocycles. The number of amides is 1. The van der Waals surface area contributed by atoms with Crippen LogP contribution in [0, 0.1) is 0 Å². The molecule has 0 fully saturated rings. The molecule has 142 valence electrons. The Morgan fingerprint density at radius 1 is 1.23 bits per heavy atom. The summed E-state index contributed by atoms with van der Waals surface area (Å²) in [6, 6.07) is 5.83. The van der Waals surface area contributed by atoms with Crippen LogP contribution in [0.25, 0.3) is 5.65 Å². The summed E-state index contributed by atoms with van der Waals surface area (Å²) in [5.41, 5.74) is 0.834. The SMILES string of the molecule is CCNC(=NCCc1nnc2ccccn12)N(C)CC(=O)N(CC)CC. The fourth-order valence-electron chi connectivity index (χ4n) is 2.75. The highest BCUT2D eigenvalue weighted by Crippen LogP contribution is 2.03. The zero-order chi connectivity index (χ0) is 18.9. The molecule has 2 heterocycles. The summed E-state index contributed by atoms with van der Waals surface area (Å²) < 4.78 is 1.97. The third-order valence-corrected chi connectivity index (χ3v) is 4.17. The summed E-state index contributed by atoms with van der Waals surface area (Å²) in [4.78, 5) is 20.6. The Morgan fingerprint density at radius 2 is 2.00 bits per heavy atom. The lowest BCUT2D eigenvalue weighted by Crippen LogP contribution is -2.45. The number of carbonyl (C=O) groups excluding carboxylic acids is 1. The van der Waals surface area contributed by atoms with Crippen LogP contribution >= 0.6 is 0 Å². The van der Waals surface area contributed by atoms with Crippen LogP contribution in [0.3, 0.4) is 0 Å². The van der Waals surface area contributed by atoms with E-state index in [1.807, 2.05) is 66.4 Å². The van der Waals surface area contributed by atoms with Crippen molar-refractivity contribution < 1.29 is 4.79 Å². The van der Waals surface area contributed by atoms with Crippen LogP contribution in [0.1, 0.15) is 26.6 Å². The average molecular weight is 359 g/mol. The molecule has 2 aromatic heterocycles. The van der Waals surface area contributed by atoms with Crippen molar-refractivity contribution >= 4 is 17.5 Å². The van der Waals surface area contributed by atoms with Gasteiger partial charge in [-0.25, -0.2) is 0 Å². The Balaban J connectivity index is 2.00. The molecule has 2 aromatic rings. The summed E-state index contributed by atoms with van der Waals surface area (Å²) >= 11 is 0. The van der Waals surface area contributed by atoms with Gasteiger partial charge in [-0.05, 0) is 32.9 Å². The first-order chi connectivity index (χ1) is 12.6. The summed E-state index contributed by atoms with van der Waals surface area (Å²) in [5, 5.41) is 11.6. The van der Waals surface area contributed by atoms with E-state index in [1.165, 1.54) is 0 Å². The molecule has 0 radical (unpaired) electrons. The second-order valence-electron chi connectivity index (χ2n) is 5.95. The predicted octanol–water partition coefficient (Wildman–Crippen LogP) is 1.04. The molecule has 0 spiro atoms. The van der Waals surface area contributed by atoms with E-state index in [2.05, 4.69) is 20.5 Å². The summed E-state index contributed by atoms with van der Waals surface area (Å²) in [5.74, 6) is 1.70. The highest BCUT2D eigenvalue weighted by Gasteiger charge is 2.15. The molecule has 1 N–H and O–H groups in total. The van der Waals surface area contributed by atoms with Crippen LogP contribution in [-0.2, 0) is 11.2 Å². The van der Waals surface area contributed by atoms with Gasteiger partial charge in [0.05, 0.1) is 6.54 Å². The first kappa shape index (κ1) is 19.7. The molecule has 8 nitrogen and oxygen atoms in total. The van der Waals surface area contributed by atoms with Crippen molar-refractivity contribution in [1.29, 1.82) is 0 Å². The number of nitrogens with one attached hydrogen (secondary N) is 1. The minimum atomic E-state index is 0.103. The number of guanidine groups is 1. The van der Waals surface area contributed by atoms with Crippen LogP contribution in [0.4, 0.5) is 0 Å². The Labute approximate surface area is 154 Å². The van der Waals surface area contributed by atoms with E-state index in [0.717, 1.165) is 37.1 Å². The van der Waals surface area contributed by atoms with Crippen LogP contribution in [-0.4, -0.2) is 76.0 Å². The van der Waals surface area contributed by atoms with Gasteiger partial charge in [0.1, 0.15) is 5.82 Å². The van der Waals surface area contributed by atoms with Gasteiger partial charge >= 0.3 is 0 Å². The number of nitrogens with zero attached hydrogens (tertiary/aromatic N) is 6. The maximum atomic E-state index is 12.3. The molecule has 0 aliphatic heterocycles. The normalized spacial score (nSPS) is 11.6. The second kappa shape index (κ2) is 9.74. The molecule has 1 amide bonds. The van der Waals surface area contributed by atoms with E-state index >= 15 is 0 Å². The van der Waals surface area contributed by atoms with Crippen molar-refractivity contribution in [1.82, 2.24) is 29.7 Å². The van der Waals surface area contributed by atoms with Crippen molar-refractivity contribution in [3.63, 3.8) is 0 Å². The van der Waals surface area contributed by atoms with E-state index in [1.54, 1.807) is 0 Å². The number of aromatic nitrogens is 3. The van der Waals surface area contributed by atoms with Gasteiger partial charge in [-0.3, -0.25) is 14.2 Å². The molecule has 2 rings (SSSR count). The number of rotatable bonds is 8. The lowest BCUT2D eigenvalue weighted by Gasteiger charge is -2.25. The molecule has 0 aliphatic rings. The van der Waals surface area contributed by atoms with Gasteiger partial charge < -0.3 is 15.1 Å². The van der Waals surface area contributed by atoms with Crippen LogP contribution in [0.15, 0.2) is 29.4 Å². The smallest absolute Gasteiger partial charge is 0.242 e. The Kier molecular flexibility index (Phi) is 7.37. The minimum absolute atomic E-state index is 0.103. The fraction of sp³-hybridized carbons (Fsp3) is 0.556. The van der Waals surface area contributed by atoms with Gasteiger partial charge in [0.2, 0.25) is 5.91 Å². The number of hydrogen-bond acceptors (Lipinski definition) is 4. The second-order valence-corrected chi connectivity index (χ2v) is 5.95. The molecule has 0 atom stereocenters. The molecule has 0 aromatic carbocycles. The van der Waals surface area contributed by atoms with Gasteiger partial charge in [-0.1, -0.05) is 6.07 Å². The maximum Gasteiger partial charge on any atom is 0.242 e. The maximum absolute atomic E-state index is 12.3. The zero-order valence-electron chi connectivity index (χ0n) is 16.1. The quantitative estimate of drug-likeness (QED) is 0.563. The monoisotopic (exact) mass is 359 g/mol. The number of aliphatic imine (C=N–C) groups is 1. The topological polar surface area (TPSA) is 78.1 Å². The predicted molar refractivity (Wildman–Crippen MR) is 103 cm³/mol. The van der Waals surface area contributed by atoms with Crippen molar-refractivity contribution in [2.75, 3.05) is 39.8 Å². The van der Waals surface area contributed by atoms with Crippen LogP contribution < -0.4 is 5.32 Å². The zero-order valence-corrected chi connectivity index (χ0v) is 16.1. The number of hydrogen-bond donors (Lipinski definition) is 1. The number of likely N-dealkylation sites (N-methyl/N-ethyl adjacent to an activating group) is 2. The lowest BCUT2D eigenvalue weighted by atomic mass is 10.4. The standard InChI is InChI=1S/C18H29N7O/c1-5-19-18(23(4)14-17(26)24(6-2)7-3)20-12-11-16-22-21-15-10-8-9-13-25(15)16/h8-10,13H,5-7,11-12,14H2,1-4H3,(H,19,20). The molecule has 0 saturated carbocycles.